The van der Waals surface area contributed by atoms with Gasteiger partial charge in [0.05, 0.1) is 6.04 Å². The molecule has 98 valence electrons. The third kappa shape index (κ3) is 2.03. The Morgan fingerprint density at radius 1 is 1.33 bits per heavy atom. The van der Waals surface area contributed by atoms with Gasteiger partial charge in [-0.05, 0) is 19.3 Å². The minimum Gasteiger partial charge on any atom is -0.322 e. The van der Waals surface area contributed by atoms with Gasteiger partial charge in [0.25, 0.3) is 0 Å². The average Bonchev–Trinajstić information content (AvgIpc) is 2.98. The molecule has 0 bridgehead atoms. The maximum Gasteiger partial charge on any atom is 0.234 e. The zero-order valence-electron chi connectivity index (χ0n) is 10.7. The van der Waals surface area contributed by atoms with Crippen molar-refractivity contribution in [3.63, 3.8) is 0 Å². The summed E-state index contributed by atoms with van der Waals surface area (Å²) < 4.78 is 1.92. The molecule has 5 nitrogen and oxygen atoms in total. The Morgan fingerprint density at radius 3 is 2.83 bits per heavy atom. The van der Waals surface area contributed by atoms with Crippen molar-refractivity contribution in [3.05, 3.63) is 10.8 Å². The van der Waals surface area contributed by atoms with Gasteiger partial charge in [-0.2, -0.15) is 9.61 Å². The van der Waals surface area contributed by atoms with Crippen LogP contribution in [0.4, 0.5) is 0 Å². The molecule has 1 unspecified atom stereocenters. The maximum atomic E-state index is 6.03. The van der Waals surface area contributed by atoms with Gasteiger partial charge in [-0.3, -0.25) is 0 Å². The molecule has 3 rings (SSSR count). The SMILES string of the molecule is CCC(N)c1nn2c(C3CCCCC3)nnc2s1. The first-order chi connectivity index (χ1) is 8.79. The number of hydrogen-bond donors (Lipinski definition) is 1. The Bertz CT molecular complexity index is 526. The Labute approximate surface area is 110 Å². The zero-order valence-corrected chi connectivity index (χ0v) is 11.5. The minimum absolute atomic E-state index is 0.0240. The van der Waals surface area contributed by atoms with Crippen LogP contribution in [0.25, 0.3) is 4.96 Å². The van der Waals surface area contributed by atoms with Gasteiger partial charge in [0.1, 0.15) is 5.01 Å². The maximum absolute atomic E-state index is 6.03. The van der Waals surface area contributed by atoms with E-state index in [1.54, 1.807) is 11.3 Å². The van der Waals surface area contributed by atoms with E-state index in [4.69, 9.17) is 5.73 Å². The lowest BCUT2D eigenvalue weighted by molar-refractivity contribution is 0.422. The van der Waals surface area contributed by atoms with Crippen molar-refractivity contribution in [2.75, 3.05) is 0 Å². The Hall–Kier alpha value is -1.01. The monoisotopic (exact) mass is 265 g/mol. The van der Waals surface area contributed by atoms with E-state index in [9.17, 15) is 0 Å². The molecule has 0 spiro atoms. The minimum atomic E-state index is 0.0240. The molecule has 0 amide bonds. The molecule has 1 atom stereocenters. The first kappa shape index (κ1) is 12.0. The van der Waals surface area contributed by atoms with Crippen LogP contribution in [-0.4, -0.2) is 19.8 Å². The predicted octanol–water partition coefficient (Wildman–Crippen LogP) is 2.64. The molecule has 6 heteroatoms. The Kier molecular flexibility index (Phi) is 3.30. The summed E-state index contributed by atoms with van der Waals surface area (Å²) in [6.07, 6.45) is 7.28. The highest BCUT2D eigenvalue weighted by Gasteiger charge is 2.23. The van der Waals surface area contributed by atoms with E-state index in [1.807, 2.05) is 4.52 Å². The van der Waals surface area contributed by atoms with Crippen molar-refractivity contribution in [1.82, 2.24) is 19.8 Å². The summed E-state index contributed by atoms with van der Waals surface area (Å²) in [5, 5.41) is 14.1. The van der Waals surface area contributed by atoms with Crippen LogP contribution in [0.1, 0.15) is 68.2 Å². The summed E-state index contributed by atoms with van der Waals surface area (Å²) in [6.45, 7) is 2.08. The summed E-state index contributed by atoms with van der Waals surface area (Å²) in [4.78, 5) is 0.884. The van der Waals surface area contributed by atoms with E-state index in [-0.39, 0.29) is 6.04 Å². The van der Waals surface area contributed by atoms with Gasteiger partial charge in [-0.1, -0.05) is 37.5 Å². The van der Waals surface area contributed by atoms with E-state index < -0.39 is 0 Å². The topological polar surface area (TPSA) is 69.1 Å². The van der Waals surface area contributed by atoms with Gasteiger partial charge >= 0.3 is 0 Å². The van der Waals surface area contributed by atoms with Gasteiger partial charge < -0.3 is 5.73 Å². The fourth-order valence-electron chi connectivity index (χ4n) is 2.59. The van der Waals surface area contributed by atoms with Crippen molar-refractivity contribution < 1.29 is 0 Å². The second-order valence-corrected chi connectivity index (χ2v) is 6.03. The molecule has 0 aliphatic heterocycles. The summed E-state index contributed by atoms with van der Waals surface area (Å²) in [6, 6.07) is 0.0240. The van der Waals surface area contributed by atoms with Crippen LogP contribution in [0, 0.1) is 0 Å². The van der Waals surface area contributed by atoms with Gasteiger partial charge in [-0.25, -0.2) is 0 Å². The molecule has 2 aromatic heterocycles. The van der Waals surface area contributed by atoms with E-state index >= 15 is 0 Å². The number of hydrogen-bond acceptors (Lipinski definition) is 5. The first-order valence-corrected chi connectivity index (χ1v) is 7.59. The van der Waals surface area contributed by atoms with E-state index in [0.29, 0.717) is 5.92 Å². The van der Waals surface area contributed by atoms with Crippen molar-refractivity contribution in [2.24, 2.45) is 5.73 Å². The van der Waals surface area contributed by atoms with Crippen LogP contribution < -0.4 is 5.73 Å². The zero-order chi connectivity index (χ0) is 12.5. The molecule has 0 radical (unpaired) electrons. The van der Waals surface area contributed by atoms with Crippen LogP contribution in [0.2, 0.25) is 0 Å². The lowest BCUT2D eigenvalue weighted by Gasteiger charge is -2.18. The normalized spacial score (nSPS) is 19.4. The second-order valence-electron chi connectivity index (χ2n) is 5.04. The van der Waals surface area contributed by atoms with Crippen molar-refractivity contribution in [3.8, 4) is 0 Å². The molecule has 0 saturated heterocycles. The summed E-state index contributed by atoms with van der Waals surface area (Å²) in [5.41, 5.74) is 6.03. The van der Waals surface area contributed by atoms with E-state index in [2.05, 4.69) is 22.2 Å². The highest BCUT2D eigenvalue weighted by molar-refractivity contribution is 7.16. The molecule has 18 heavy (non-hydrogen) atoms. The number of rotatable bonds is 3. The standard InChI is InChI=1S/C12H19N5S/c1-2-9(13)11-16-17-10(14-15-12(17)18-11)8-6-4-3-5-7-8/h8-9H,2-7,13H2,1H3. The molecule has 0 aromatic carbocycles. The Balaban J connectivity index is 1.94. The number of aromatic nitrogens is 4. The molecule has 1 aliphatic rings. The van der Waals surface area contributed by atoms with Gasteiger partial charge in [0.15, 0.2) is 5.82 Å². The molecule has 1 saturated carbocycles. The first-order valence-electron chi connectivity index (χ1n) is 6.77. The molecule has 2 heterocycles. The third-order valence-corrected chi connectivity index (χ3v) is 4.79. The predicted molar refractivity (Wildman–Crippen MR) is 71.7 cm³/mol. The van der Waals surface area contributed by atoms with Crippen LogP contribution in [0.15, 0.2) is 0 Å². The average molecular weight is 265 g/mol. The number of nitrogens with zero attached hydrogens (tertiary/aromatic N) is 4. The van der Waals surface area contributed by atoms with Gasteiger partial charge in [0.2, 0.25) is 4.96 Å². The highest BCUT2D eigenvalue weighted by atomic mass is 32.1. The summed E-state index contributed by atoms with van der Waals surface area (Å²) >= 11 is 1.57. The van der Waals surface area contributed by atoms with E-state index in [0.717, 1.165) is 22.2 Å². The van der Waals surface area contributed by atoms with Crippen molar-refractivity contribution in [1.29, 1.82) is 0 Å². The lowest BCUT2D eigenvalue weighted by Crippen LogP contribution is -2.11. The molecule has 1 aliphatic carbocycles. The third-order valence-electron chi connectivity index (χ3n) is 3.76. The Morgan fingerprint density at radius 2 is 2.11 bits per heavy atom. The molecule has 2 N–H and O–H groups in total. The summed E-state index contributed by atoms with van der Waals surface area (Å²) in [7, 11) is 0. The van der Waals surface area contributed by atoms with Crippen LogP contribution >= 0.6 is 11.3 Å². The second kappa shape index (κ2) is 4.93. The molecule has 2 aromatic rings. The van der Waals surface area contributed by atoms with Gasteiger partial charge in [0, 0.05) is 5.92 Å². The highest BCUT2D eigenvalue weighted by Crippen LogP contribution is 2.32. The van der Waals surface area contributed by atoms with Crippen molar-refractivity contribution in [2.45, 2.75) is 57.4 Å². The largest absolute Gasteiger partial charge is 0.322 e. The fraction of sp³-hybridized carbons (Fsp3) is 0.750. The van der Waals surface area contributed by atoms with E-state index in [1.165, 1.54) is 32.1 Å². The van der Waals surface area contributed by atoms with Gasteiger partial charge in [-0.15, -0.1) is 10.2 Å². The summed E-state index contributed by atoms with van der Waals surface area (Å²) in [5.74, 6) is 1.57. The fourth-order valence-corrected chi connectivity index (χ4v) is 3.52. The number of nitrogens with two attached hydrogens (primary N) is 1. The smallest absolute Gasteiger partial charge is 0.234 e. The lowest BCUT2D eigenvalue weighted by atomic mass is 9.89. The quantitative estimate of drug-likeness (QED) is 0.926. The molecular weight excluding hydrogens is 246 g/mol. The van der Waals surface area contributed by atoms with Crippen molar-refractivity contribution >= 4 is 16.3 Å². The molecular formula is C12H19N5S. The molecule has 1 fully saturated rings. The van der Waals surface area contributed by atoms with Crippen LogP contribution in [0.5, 0.6) is 0 Å². The van der Waals surface area contributed by atoms with Crippen LogP contribution in [-0.2, 0) is 0 Å². The van der Waals surface area contributed by atoms with Crippen LogP contribution in [0.3, 0.4) is 0 Å². The number of fused-ring (bicyclic) bond motifs is 1.